The summed E-state index contributed by atoms with van der Waals surface area (Å²) >= 11 is 0. The highest BCUT2D eigenvalue weighted by Crippen LogP contribution is 2.61. The van der Waals surface area contributed by atoms with Crippen LogP contribution in [0.1, 0.15) is 46.6 Å². The van der Waals surface area contributed by atoms with E-state index in [9.17, 15) is 9.59 Å². The molecule has 1 aliphatic heterocycles. The zero-order chi connectivity index (χ0) is 21.3. The van der Waals surface area contributed by atoms with Crippen LogP contribution < -0.4 is 9.64 Å². The molecule has 1 heterocycles. The number of para-hydroxylation sites is 1. The average Bonchev–Trinajstić information content (AvgIpc) is 3.08. The van der Waals surface area contributed by atoms with Crippen molar-refractivity contribution >= 4 is 17.5 Å². The lowest BCUT2D eigenvalue weighted by Gasteiger charge is -2.45. The number of methoxy groups -OCH3 is 1. The molecule has 7 rings (SSSR count). The molecule has 0 spiro atoms. The first-order valence-electron chi connectivity index (χ1n) is 10.9. The Labute approximate surface area is 181 Å². The monoisotopic (exact) mass is 409 g/mol. The van der Waals surface area contributed by atoms with Gasteiger partial charge in [0.2, 0.25) is 11.8 Å². The fourth-order valence-corrected chi connectivity index (χ4v) is 6.17. The summed E-state index contributed by atoms with van der Waals surface area (Å²) in [5.41, 5.74) is 6.31. The van der Waals surface area contributed by atoms with Gasteiger partial charge in [0.1, 0.15) is 5.75 Å². The smallest absolute Gasteiger partial charge is 0.238 e. The molecule has 0 radical (unpaired) electrons. The number of hydrogen-bond donors (Lipinski definition) is 0. The van der Waals surface area contributed by atoms with Crippen molar-refractivity contribution in [1.29, 1.82) is 0 Å². The molecular formula is C27H23NO3. The van der Waals surface area contributed by atoms with Crippen LogP contribution in [0.4, 0.5) is 5.69 Å². The van der Waals surface area contributed by atoms with Crippen molar-refractivity contribution in [3.05, 3.63) is 94.5 Å². The van der Waals surface area contributed by atoms with E-state index in [4.69, 9.17) is 4.74 Å². The van der Waals surface area contributed by atoms with Gasteiger partial charge in [-0.15, -0.1) is 0 Å². The number of amides is 2. The first-order chi connectivity index (χ1) is 15.2. The van der Waals surface area contributed by atoms with Gasteiger partial charge in [-0.25, -0.2) is 4.90 Å². The predicted molar refractivity (Wildman–Crippen MR) is 118 cm³/mol. The second-order valence-electron chi connectivity index (χ2n) is 8.60. The lowest BCUT2D eigenvalue weighted by Crippen LogP contribution is -2.41. The minimum absolute atomic E-state index is 0.0939. The first kappa shape index (κ1) is 18.4. The minimum atomic E-state index is -0.378. The van der Waals surface area contributed by atoms with E-state index in [-0.39, 0.29) is 35.5 Å². The molecule has 4 nitrogen and oxygen atoms in total. The van der Waals surface area contributed by atoms with Crippen molar-refractivity contribution in [2.24, 2.45) is 11.8 Å². The Hall–Kier alpha value is -3.40. The summed E-state index contributed by atoms with van der Waals surface area (Å²) in [5.74, 6) is -0.579. The SMILES string of the molecule is CCc1cccc(OC)c1N1C(=O)C2C3c4ccccc4C(c4ccccc43)C2C1=O. The van der Waals surface area contributed by atoms with Crippen molar-refractivity contribution in [2.45, 2.75) is 25.2 Å². The summed E-state index contributed by atoms with van der Waals surface area (Å²) in [6.07, 6.45) is 0.715. The molecule has 2 amide bonds. The van der Waals surface area contributed by atoms with E-state index >= 15 is 0 Å². The van der Waals surface area contributed by atoms with Gasteiger partial charge in [0.15, 0.2) is 0 Å². The Bertz CT molecular complexity index is 1110. The molecule has 2 atom stereocenters. The maximum Gasteiger partial charge on any atom is 0.238 e. The van der Waals surface area contributed by atoms with Gasteiger partial charge in [-0.2, -0.15) is 0 Å². The molecule has 3 aliphatic carbocycles. The highest BCUT2D eigenvalue weighted by Gasteiger charge is 2.62. The second-order valence-corrected chi connectivity index (χ2v) is 8.60. The van der Waals surface area contributed by atoms with Gasteiger partial charge in [0, 0.05) is 11.8 Å². The molecule has 4 heteroatoms. The molecule has 2 unspecified atom stereocenters. The van der Waals surface area contributed by atoms with E-state index in [1.807, 2.05) is 49.4 Å². The highest BCUT2D eigenvalue weighted by molar-refractivity contribution is 6.24. The zero-order valence-corrected chi connectivity index (χ0v) is 17.5. The Morgan fingerprint density at radius 1 is 0.742 bits per heavy atom. The number of imide groups is 1. The molecule has 3 aromatic rings. The quantitative estimate of drug-likeness (QED) is 0.592. The topological polar surface area (TPSA) is 46.6 Å². The van der Waals surface area contributed by atoms with Gasteiger partial charge in [-0.3, -0.25) is 9.59 Å². The summed E-state index contributed by atoms with van der Waals surface area (Å²) in [7, 11) is 1.59. The number of hydrogen-bond acceptors (Lipinski definition) is 3. The Morgan fingerprint density at radius 3 is 1.65 bits per heavy atom. The van der Waals surface area contributed by atoms with Gasteiger partial charge >= 0.3 is 0 Å². The first-order valence-corrected chi connectivity index (χ1v) is 10.9. The normalized spacial score (nSPS) is 25.3. The number of carbonyl (C=O) groups excluding carboxylic acids is 2. The van der Waals surface area contributed by atoms with Crippen LogP contribution >= 0.6 is 0 Å². The van der Waals surface area contributed by atoms with Crippen molar-refractivity contribution < 1.29 is 14.3 Å². The third kappa shape index (κ3) is 2.25. The fraction of sp³-hybridized carbons (Fsp3) is 0.259. The standard InChI is InChI=1S/C27H23NO3/c1-3-15-9-8-14-20(31-2)25(15)28-26(29)23-21-16-10-4-5-11-17(16)22(24(23)27(28)30)19-13-7-6-12-18(19)21/h4-14,21-24H,3H2,1-2H3. The lowest BCUT2D eigenvalue weighted by molar-refractivity contribution is -0.122. The molecule has 31 heavy (non-hydrogen) atoms. The molecule has 0 aromatic heterocycles. The maximum absolute atomic E-state index is 13.9. The third-order valence-corrected chi connectivity index (χ3v) is 7.36. The van der Waals surface area contributed by atoms with Crippen LogP contribution in [-0.4, -0.2) is 18.9 Å². The van der Waals surface area contributed by atoms with Crippen LogP contribution in [0.3, 0.4) is 0 Å². The lowest BCUT2D eigenvalue weighted by atomic mass is 9.55. The average molecular weight is 409 g/mol. The number of carbonyl (C=O) groups is 2. The minimum Gasteiger partial charge on any atom is -0.495 e. The van der Waals surface area contributed by atoms with Crippen molar-refractivity contribution in [3.63, 3.8) is 0 Å². The molecule has 154 valence electrons. The van der Waals surface area contributed by atoms with E-state index < -0.39 is 0 Å². The number of rotatable bonds is 3. The molecule has 2 bridgehead atoms. The summed E-state index contributed by atoms with van der Waals surface area (Å²) in [4.78, 5) is 29.3. The Morgan fingerprint density at radius 2 is 1.23 bits per heavy atom. The largest absolute Gasteiger partial charge is 0.495 e. The number of anilines is 1. The molecular weight excluding hydrogens is 386 g/mol. The van der Waals surface area contributed by atoms with E-state index in [0.29, 0.717) is 17.9 Å². The number of nitrogens with zero attached hydrogens (tertiary/aromatic N) is 1. The van der Waals surface area contributed by atoms with Crippen LogP contribution in [-0.2, 0) is 16.0 Å². The van der Waals surface area contributed by atoms with Gasteiger partial charge < -0.3 is 4.74 Å². The van der Waals surface area contributed by atoms with Crippen LogP contribution in [0, 0.1) is 11.8 Å². The number of aryl methyl sites for hydroxylation is 1. The van der Waals surface area contributed by atoms with Gasteiger partial charge in [-0.05, 0) is 40.3 Å². The Balaban J connectivity index is 1.58. The van der Waals surface area contributed by atoms with Crippen LogP contribution in [0.15, 0.2) is 66.7 Å². The third-order valence-electron chi connectivity index (χ3n) is 7.36. The summed E-state index contributed by atoms with van der Waals surface area (Å²) in [6, 6.07) is 22.3. The van der Waals surface area contributed by atoms with Crippen LogP contribution in [0.5, 0.6) is 5.75 Å². The number of benzene rings is 3. The van der Waals surface area contributed by atoms with E-state index in [1.54, 1.807) is 7.11 Å². The predicted octanol–water partition coefficient (Wildman–Crippen LogP) is 4.65. The van der Waals surface area contributed by atoms with Crippen molar-refractivity contribution in [1.82, 2.24) is 0 Å². The van der Waals surface area contributed by atoms with E-state index in [2.05, 4.69) is 24.3 Å². The Kier molecular flexibility index (Phi) is 3.88. The molecule has 0 N–H and O–H groups in total. The maximum atomic E-state index is 13.9. The summed E-state index contributed by atoms with van der Waals surface area (Å²) < 4.78 is 5.60. The summed E-state index contributed by atoms with van der Waals surface area (Å²) in [5, 5.41) is 0. The molecule has 4 aliphatic rings. The second kappa shape index (κ2) is 6.55. The van der Waals surface area contributed by atoms with Gasteiger partial charge in [0.25, 0.3) is 0 Å². The zero-order valence-electron chi connectivity index (χ0n) is 17.5. The van der Waals surface area contributed by atoms with Crippen molar-refractivity contribution in [3.8, 4) is 5.75 Å². The fourth-order valence-electron chi connectivity index (χ4n) is 6.17. The molecule has 0 saturated carbocycles. The van der Waals surface area contributed by atoms with E-state index in [1.165, 1.54) is 27.2 Å². The van der Waals surface area contributed by atoms with Gasteiger partial charge in [0.05, 0.1) is 24.6 Å². The van der Waals surface area contributed by atoms with Crippen LogP contribution in [0.25, 0.3) is 0 Å². The van der Waals surface area contributed by atoms with Gasteiger partial charge in [-0.1, -0.05) is 67.6 Å². The summed E-state index contributed by atoms with van der Waals surface area (Å²) in [6.45, 7) is 2.03. The molecule has 1 saturated heterocycles. The highest BCUT2D eigenvalue weighted by atomic mass is 16.5. The molecule has 3 aromatic carbocycles. The van der Waals surface area contributed by atoms with Crippen molar-refractivity contribution in [2.75, 3.05) is 12.0 Å². The number of ether oxygens (including phenoxy) is 1. The van der Waals surface area contributed by atoms with E-state index in [0.717, 1.165) is 5.56 Å². The van der Waals surface area contributed by atoms with Crippen LogP contribution in [0.2, 0.25) is 0 Å². The molecule has 1 fully saturated rings.